The summed E-state index contributed by atoms with van der Waals surface area (Å²) in [7, 11) is 0. The van der Waals surface area contributed by atoms with Crippen LogP contribution in [-0.4, -0.2) is 17.6 Å². The van der Waals surface area contributed by atoms with Crippen LogP contribution in [0.4, 0.5) is 0 Å². The molecule has 0 fully saturated rings. The summed E-state index contributed by atoms with van der Waals surface area (Å²) >= 11 is 0. The summed E-state index contributed by atoms with van der Waals surface area (Å²) in [6.07, 6.45) is 1.37. The molecule has 1 heterocycles. The lowest BCUT2D eigenvalue weighted by molar-refractivity contribution is 0.0337. The maximum atomic E-state index is 12.3. The molecule has 0 saturated heterocycles. The third kappa shape index (κ3) is 3.54. The SMILES string of the molecule is CCOc1ccc(C(=O)OC(C)c2cnc3ccccc3c2)cc1. The van der Waals surface area contributed by atoms with Crippen LogP contribution in [0.2, 0.25) is 0 Å². The van der Waals surface area contributed by atoms with Gasteiger partial charge >= 0.3 is 5.97 Å². The number of hydrogen-bond donors (Lipinski definition) is 0. The van der Waals surface area contributed by atoms with E-state index in [-0.39, 0.29) is 12.1 Å². The Balaban J connectivity index is 1.72. The highest BCUT2D eigenvalue weighted by Gasteiger charge is 2.14. The minimum Gasteiger partial charge on any atom is -0.494 e. The highest BCUT2D eigenvalue weighted by Crippen LogP contribution is 2.22. The summed E-state index contributed by atoms with van der Waals surface area (Å²) < 4.78 is 10.9. The third-order valence-corrected chi connectivity index (χ3v) is 3.77. The van der Waals surface area contributed by atoms with Gasteiger partial charge in [-0.05, 0) is 50.2 Å². The molecule has 1 aromatic heterocycles. The van der Waals surface area contributed by atoms with Gasteiger partial charge in [0.15, 0.2) is 0 Å². The van der Waals surface area contributed by atoms with Crippen molar-refractivity contribution in [1.29, 1.82) is 0 Å². The molecule has 122 valence electrons. The predicted molar refractivity (Wildman–Crippen MR) is 93.2 cm³/mol. The summed E-state index contributed by atoms with van der Waals surface area (Å²) in [6, 6.07) is 16.8. The number of benzene rings is 2. The van der Waals surface area contributed by atoms with Gasteiger partial charge in [-0.2, -0.15) is 0 Å². The average molecular weight is 321 g/mol. The Morgan fingerprint density at radius 2 is 1.88 bits per heavy atom. The van der Waals surface area contributed by atoms with Gasteiger partial charge in [0.25, 0.3) is 0 Å². The standard InChI is InChI=1S/C20H19NO3/c1-3-23-18-10-8-15(9-11-18)20(22)24-14(2)17-12-16-6-4-5-7-19(16)21-13-17/h4-14H,3H2,1-2H3. The van der Waals surface area contributed by atoms with E-state index in [1.54, 1.807) is 30.5 Å². The Bertz CT molecular complexity index is 843. The molecule has 0 aliphatic rings. The van der Waals surface area contributed by atoms with E-state index >= 15 is 0 Å². The fourth-order valence-electron chi connectivity index (χ4n) is 2.46. The normalized spacial score (nSPS) is 11.9. The van der Waals surface area contributed by atoms with Crippen molar-refractivity contribution in [3.63, 3.8) is 0 Å². The molecule has 0 spiro atoms. The van der Waals surface area contributed by atoms with Crippen LogP contribution in [0, 0.1) is 0 Å². The molecule has 0 radical (unpaired) electrons. The van der Waals surface area contributed by atoms with Crippen LogP contribution in [0.5, 0.6) is 5.75 Å². The number of carbonyl (C=O) groups excluding carboxylic acids is 1. The van der Waals surface area contributed by atoms with Crippen LogP contribution in [0.15, 0.2) is 60.8 Å². The molecule has 3 aromatic rings. The summed E-state index contributed by atoms with van der Waals surface area (Å²) in [4.78, 5) is 16.7. The highest BCUT2D eigenvalue weighted by molar-refractivity contribution is 5.89. The molecule has 0 saturated carbocycles. The molecule has 1 atom stereocenters. The van der Waals surface area contributed by atoms with Crippen LogP contribution in [0.1, 0.15) is 35.9 Å². The molecule has 0 N–H and O–H groups in total. The van der Waals surface area contributed by atoms with Crippen molar-refractivity contribution in [2.24, 2.45) is 0 Å². The van der Waals surface area contributed by atoms with Gasteiger partial charge in [-0.3, -0.25) is 4.98 Å². The van der Waals surface area contributed by atoms with Gasteiger partial charge in [0, 0.05) is 17.1 Å². The number of nitrogens with zero attached hydrogens (tertiary/aromatic N) is 1. The number of rotatable bonds is 5. The van der Waals surface area contributed by atoms with Crippen LogP contribution >= 0.6 is 0 Å². The smallest absolute Gasteiger partial charge is 0.338 e. The second-order valence-corrected chi connectivity index (χ2v) is 5.47. The molecule has 0 amide bonds. The molecule has 2 aromatic carbocycles. The molecule has 0 aliphatic heterocycles. The molecule has 0 bridgehead atoms. The molecule has 24 heavy (non-hydrogen) atoms. The zero-order valence-corrected chi connectivity index (χ0v) is 13.7. The van der Waals surface area contributed by atoms with Crippen molar-refractivity contribution in [3.05, 3.63) is 71.9 Å². The summed E-state index contributed by atoms with van der Waals surface area (Å²) in [5.74, 6) is 0.375. The number of para-hydroxylation sites is 1. The predicted octanol–water partition coefficient (Wildman–Crippen LogP) is 4.55. The summed E-state index contributed by atoms with van der Waals surface area (Å²) in [5, 5.41) is 1.03. The number of carbonyl (C=O) groups is 1. The molecular formula is C20H19NO3. The van der Waals surface area contributed by atoms with Gasteiger partial charge in [0.05, 0.1) is 17.7 Å². The number of aromatic nitrogens is 1. The highest BCUT2D eigenvalue weighted by atomic mass is 16.5. The Morgan fingerprint density at radius 3 is 2.62 bits per heavy atom. The Kier molecular flexibility index (Phi) is 4.75. The van der Waals surface area contributed by atoms with Gasteiger partial charge in [0.1, 0.15) is 11.9 Å². The third-order valence-electron chi connectivity index (χ3n) is 3.77. The maximum Gasteiger partial charge on any atom is 0.338 e. The molecule has 1 unspecified atom stereocenters. The van der Waals surface area contributed by atoms with E-state index in [0.717, 1.165) is 22.2 Å². The monoisotopic (exact) mass is 321 g/mol. The van der Waals surface area contributed by atoms with Crippen LogP contribution in [-0.2, 0) is 4.74 Å². The van der Waals surface area contributed by atoms with Crippen molar-refractivity contribution >= 4 is 16.9 Å². The summed E-state index contributed by atoms with van der Waals surface area (Å²) in [5.41, 5.74) is 2.29. The first-order chi connectivity index (χ1) is 11.7. The zero-order valence-electron chi connectivity index (χ0n) is 13.7. The van der Waals surface area contributed by atoms with Gasteiger partial charge in [-0.1, -0.05) is 18.2 Å². The molecule has 0 aliphatic carbocycles. The van der Waals surface area contributed by atoms with Gasteiger partial charge in [-0.25, -0.2) is 4.79 Å². The Morgan fingerprint density at radius 1 is 1.12 bits per heavy atom. The fourth-order valence-corrected chi connectivity index (χ4v) is 2.46. The Labute approximate surface area is 141 Å². The number of pyridine rings is 1. The van der Waals surface area contributed by atoms with E-state index in [1.165, 1.54) is 0 Å². The topological polar surface area (TPSA) is 48.4 Å². The summed E-state index contributed by atoms with van der Waals surface area (Å²) in [6.45, 7) is 4.36. The second kappa shape index (κ2) is 7.13. The molecule has 3 rings (SSSR count). The van der Waals surface area contributed by atoms with Gasteiger partial charge < -0.3 is 9.47 Å². The molecular weight excluding hydrogens is 302 g/mol. The first-order valence-corrected chi connectivity index (χ1v) is 7.96. The van der Waals surface area contributed by atoms with Gasteiger partial charge in [0.2, 0.25) is 0 Å². The van der Waals surface area contributed by atoms with Crippen molar-refractivity contribution < 1.29 is 14.3 Å². The van der Waals surface area contributed by atoms with E-state index in [2.05, 4.69) is 4.98 Å². The second-order valence-electron chi connectivity index (χ2n) is 5.47. The van der Waals surface area contributed by atoms with Crippen LogP contribution in [0.25, 0.3) is 10.9 Å². The van der Waals surface area contributed by atoms with Gasteiger partial charge in [-0.15, -0.1) is 0 Å². The number of hydrogen-bond acceptors (Lipinski definition) is 4. The van der Waals surface area contributed by atoms with Crippen molar-refractivity contribution in [2.75, 3.05) is 6.61 Å². The number of ether oxygens (including phenoxy) is 2. The average Bonchev–Trinajstić information content (AvgIpc) is 2.62. The first kappa shape index (κ1) is 16.0. The quantitative estimate of drug-likeness (QED) is 0.647. The van der Waals surface area contributed by atoms with E-state index in [9.17, 15) is 4.79 Å². The lowest BCUT2D eigenvalue weighted by atomic mass is 10.1. The molecule has 4 nitrogen and oxygen atoms in total. The minimum absolute atomic E-state index is 0.362. The van der Waals surface area contributed by atoms with Crippen molar-refractivity contribution in [2.45, 2.75) is 20.0 Å². The van der Waals surface area contributed by atoms with Crippen molar-refractivity contribution in [3.8, 4) is 5.75 Å². The van der Waals surface area contributed by atoms with E-state index in [1.807, 2.05) is 44.2 Å². The lowest BCUT2D eigenvalue weighted by Gasteiger charge is -2.14. The molecule has 4 heteroatoms. The van der Waals surface area contributed by atoms with E-state index in [4.69, 9.17) is 9.47 Å². The number of fused-ring (bicyclic) bond motifs is 1. The zero-order chi connectivity index (χ0) is 16.9. The largest absolute Gasteiger partial charge is 0.494 e. The lowest BCUT2D eigenvalue weighted by Crippen LogP contribution is -2.09. The number of esters is 1. The van der Waals surface area contributed by atoms with E-state index < -0.39 is 0 Å². The van der Waals surface area contributed by atoms with Crippen molar-refractivity contribution in [1.82, 2.24) is 4.98 Å². The minimum atomic E-state index is -0.374. The fraction of sp³-hybridized carbons (Fsp3) is 0.200. The first-order valence-electron chi connectivity index (χ1n) is 7.96. The maximum absolute atomic E-state index is 12.3. The van der Waals surface area contributed by atoms with Crippen LogP contribution in [0.3, 0.4) is 0 Å². The Hall–Kier alpha value is -2.88. The van der Waals surface area contributed by atoms with E-state index in [0.29, 0.717) is 12.2 Å². The van der Waals surface area contributed by atoms with Crippen LogP contribution < -0.4 is 4.74 Å².